The maximum absolute atomic E-state index is 11.7. The van der Waals surface area contributed by atoms with E-state index in [9.17, 15) is 19.3 Å². The van der Waals surface area contributed by atoms with Crippen molar-refractivity contribution in [2.45, 2.75) is 25.4 Å². The number of nitrogens with one attached hydrogen (secondary N) is 1. The molecule has 0 unspecified atom stereocenters. The molecule has 1 saturated heterocycles. The molecule has 0 radical (unpaired) electrons. The van der Waals surface area contributed by atoms with Crippen LogP contribution in [-0.2, 0) is 13.8 Å². The average molecular weight is 322 g/mol. The van der Waals surface area contributed by atoms with Crippen molar-refractivity contribution in [3.63, 3.8) is 0 Å². The molecule has 1 aromatic rings. The monoisotopic (exact) mass is 322 g/mol. The number of hydrogen-bond acceptors (Lipinski definition) is 6. The summed E-state index contributed by atoms with van der Waals surface area (Å²) in [4.78, 5) is 42.0. The quantitative estimate of drug-likeness (QED) is 0.491. The van der Waals surface area contributed by atoms with Gasteiger partial charge in [-0.25, -0.2) is 9.36 Å². The van der Waals surface area contributed by atoms with Gasteiger partial charge in [0.05, 0.1) is 12.7 Å². The lowest BCUT2D eigenvalue weighted by Crippen LogP contribution is -2.35. The molecule has 118 valence electrons. The van der Waals surface area contributed by atoms with Gasteiger partial charge in [0.1, 0.15) is 6.10 Å². The zero-order chi connectivity index (χ0) is 15.8. The fraction of sp³-hybridized carbons (Fsp3) is 0.600. The molecule has 2 rings (SSSR count). The van der Waals surface area contributed by atoms with Gasteiger partial charge in [-0.05, 0) is 0 Å². The zero-order valence-electron chi connectivity index (χ0n) is 10.9. The van der Waals surface area contributed by atoms with E-state index in [0.29, 0.717) is 0 Å². The normalized spacial score (nSPS) is 29.7. The Morgan fingerprint density at radius 3 is 2.71 bits per heavy atom. The number of aromatic amines is 1. The third-order valence-corrected chi connectivity index (χ3v) is 3.75. The molecule has 1 fully saturated rings. The number of rotatable bonds is 4. The SMILES string of the molecule is C[C@H]1[C@@H](O)[C@H](n2ccc(=O)[nH]c2=O)O[C@@H]1COP(=O)(O)O. The van der Waals surface area contributed by atoms with Crippen LogP contribution in [0.5, 0.6) is 0 Å². The molecule has 4 N–H and O–H groups in total. The van der Waals surface area contributed by atoms with Gasteiger partial charge in [0.2, 0.25) is 0 Å². The van der Waals surface area contributed by atoms with Gasteiger partial charge in [0.15, 0.2) is 6.23 Å². The van der Waals surface area contributed by atoms with Crippen molar-refractivity contribution in [1.29, 1.82) is 0 Å². The first kappa shape index (κ1) is 16.1. The van der Waals surface area contributed by atoms with Crippen molar-refractivity contribution in [2.75, 3.05) is 6.61 Å². The van der Waals surface area contributed by atoms with Gasteiger partial charge in [-0.15, -0.1) is 0 Å². The van der Waals surface area contributed by atoms with Crippen LogP contribution in [-0.4, -0.2) is 43.3 Å². The second kappa shape index (κ2) is 5.84. The Labute approximate surface area is 118 Å². The Morgan fingerprint density at radius 2 is 2.14 bits per heavy atom. The van der Waals surface area contributed by atoms with Gasteiger partial charge >= 0.3 is 13.5 Å². The number of nitrogens with zero attached hydrogens (tertiary/aromatic N) is 1. The maximum atomic E-state index is 11.7. The molecule has 0 amide bonds. The van der Waals surface area contributed by atoms with E-state index in [-0.39, 0.29) is 0 Å². The smallest absolute Gasteiger partial charge is 0.388 e. The van der Waals surface area contributed by atoms with Crippen molar-refractivity contribution >= 4 is 7.82 Å². The highest BCUT2D eigenvalue weighted by Crippen LogP contribution is 2.39. The van der Waals surface area contributed by atoms with Crippen LogP contribution in [0.25, 0.3) is 0 Å². The number of hydrogen-bond donors (Lipinski definition) is 4. The largest absolute Gasteiger partial charge is 0.469 e. The molecule has 4 atom stereocenters. The van der Waals surface area contributed by atoms with Crippen molar-refractivity contribution < 1.29 is 28.7 Å². The molecule has 11 heteroatoms. The minimum absolute atomic E-state index is 0.433. The number of H-pyrrole nitrogens is 1. The zero-order valence-corrected chi connectivity index (χ0v) is 11.8. The molecule has 0 aliphatic carbocycles. The Kier molecular flexibility index (Phi) is 4.47. The Hall–Kier alpha value is -1.29. The highest BCUT2D eigenvalue weighted by Gasteiger charge is 2.43. The second-order valence-corrected chi connectivity index (χ2v) is 5.96. The summed E-state index contributed by atoms with van der Waals surface area (Å²) >= 11 is 0. The van der Waals surface area contributed by atoms with Crippen LogP contribution in [0.15, 0.2) is 21.9 Å². The molecule has 2 heterocycles. The standard InChI is InChI=1S/C10H15N2O8P/c1-5-6(4-19-21(16,17)18)20-9(8(5)14)12-3-2-7(13)11-10(12)15/h2-3,5-6,8-9,14H,4H2,1H3,(H,11,13,15)(H2,16,17,18)/t5-,6-,8-,9-/m1/s1. The Bertz CT molecular complexity index is 664. The first-order valence-corrected chi connectivity index (χ1v) is 7.57. The Balaban J connectivity index is 2.18. The molecular weight excluding hydrogens is 307 g/mol. The summed E-state index contributed by atoms with van der Waals surface area (Å²) in [6.07, 6.45) is -1.81. The number of phosphoric ester groups is 1. The summed E-state index contributed by atoms with van der Waals surface area (Å²) in [5, 5.41) is 10.1. The van der Waals surface area contributed by atoms with Crippen LogP contribution in [0.3, 0.4) is 0 Å². The highest BCUT2D eigenvalue weighted by molar-refractivity contribution is 7.46. The lowest BCUT2D eigenvalue weighted by atomic mass is 10.0. The molecule has 0 bridgehead atoms. The topological polar surface area (TPSA) is 151 Å². The first-order valence-electron chi connectivity index (χ1n) is 6.04. The lowest BCUT2D eigenvalue weighted by Gasteiger charge is -2.17. The molecule has 0 spiro atoms. The maximum Gasteiger partial charge on any atom is 0.469 e. The average Bonchev–Trinajstić information content (AvgIpc) is 2.64. The molecule has 0 aromatic carbocycles. The van der Waals surface area contributed by atoms with Crippen LogP contribution < -0.4 is 11.2 Å². The number of ether oxygens (including phenoxy) is 1. The van der Waals surface area contributed by atoms with E-state index in [1.807, 2.05) is 4.98 Å². The minimum Gasteiger partial charge on any atom is -0.388 e. The van der Waals surface area contributed by atoms with E-state index >= 15 is 0 Å². The van der Waals surface area contributed by atoms with E-state index in [4.69, 9.17) is 14.5 Å². The summed E-state index contributed by atoms with van der Waals surface area (Å²) in [6.45, 7) is 1.16. The van der Waals surface area contributed by atoms with Crippen LogP contribution in [0.4, 0.5) is 0 Å². The molecule has 1 aliphatic heterocycles. The van der Waals surface area contributed by atoms with Crippen molar-refractivity contribution in [2.24, 2.45) is 5.92 Å². The van der Waals surface area contributed by atoms with E-state index in [0.717, 1.165) is 10.6 Å². The first-order chi connectivity index (χ1) is 9.69. The summed E-state index contributed by atoms with van der Waals surface area (Å²) < 4.78 is 21.4. The summed E-state index contributed by atoms with van der Waals surface area (Å²) in [7, 11) is -4.65. The van der Waals surface area contributed by atoms with Gasteiger partial charge in [-0.3, -0.25) is 18.9 Å². The van der Waals surface area contributed by atoms with Gasteiger partial charge in [-0.2, -0.15) is 0 Å². The van der Waals surface area contributed by atoms with Gasteiger partial charge in [-0.1, -0.05) is 6.92 Å². The van der Waals surface area contributed by atoms with E-state index < -0.39 is 50.0 Å². The molecule has 0 saturated carbocycles. The second-order valence-electron chi connectivity index (χ2n) is 4.72. The van der Waals surface area contributed by atoms with Crippen molar-refractivity contribution in [1.82, 2.24) is 9.55 Å². The summed E-state index contributed by atoms with van der Waals surface area (Å²) in [5.74, 6) is -0.527. The third kappa shape index (κ3) is 3.67. The molecular formula is C10H15N2O8P. The minimum atomic E-state index is -4.65. The van der Waals surface area contributed by atoms with Crippen molar-refractivity contribution in [3.8, 4) is 0 Å². The van der Waals surface area contributed by atoms with Crippen LogP contribution >= 0.6 is 7.82 Å². The number of aromatic nitrogens is 2. The third-order valence-electron chi connectivity index (χ3n) is 3.26. The fourth-order valence-corrected chi connectivity index (χ4v) is 2.42. The van der Waals surface area contributed by atoms with E-state index in [1.54, 1.807) is 6.92 Å². The molecule has 10 nitrogen and oxygen atoms in total. The van der Waals surface area contributed by atoms with Gasteiger partial charge in [0, 0.05) is 18.2 Å². The van der Waals surface area contributed by atoms with E-state index in [1.165, 1.54) is 6.20 Å². The fourth-order valence-electron chi connectivity index (χ4n) is 2.08. The predicted octanol–water partition coefficient (Wildman–Crippen LogP) is -1.46. The molecule has 1 aromatic heterocycles. The van der Waals surface area contributed by atoms with Crippen LogP contribution in [0.2, 0.25) is 0 Å². The molecule has 1 aliphatic rings. The lowest BCUT2D eigenvalue weighted by molar-refractivity contribution is -0.0528. The number of aliphatic hydroxyl groups excluding tert-OH is 1. The molecule has 21 heavy (non-hydrogen) atoms. The van der Waals surface area contributed by atoms with E-state index in [2.05, 4.69) is 4.52 Å². The Morgan fingerprint density at radius 1 is 1.48 bits per heavy atom. The van der Waals surface area contributed by atoms with Crippen molar-refractivity contribution in [3.05, 3.63) is 33.1 Å². The summed E-state index contributed by atoms with van der Waals surface area (Å²) in [5.41, 5.74) is -1.34. The van der Waals surface area contributed by atoms with Crippen LogP contribution in [0, 0.1) is 5.92 Å². The predicted molar refractivity (Wildman–Crippen MR) is 68.4 cm³/mol. The number of aliphatic hydroxyl groups is 1. The van der Waals surface area contributed by atoms with Gasteiger partial charge in [0.25, 0.3) is 5.56 Å². The van der Waals surface area contributed by atoms with Crippen LogP contribution in [0.1, 0.15) is 13.2 Å². The summed E-state index contributed by atoms with van der Waals surface area (Å²) in [6, 6.07) is 1.10. The highest BCUT2D eigenvalue weighted by atomic mass is 31.2. The number of phosphoric acid groups is 1. The van der Waals surface area contributed by atoms with Gasteiger partial charge < -0.3 is 19.6 Å².